The zero-order chi connectivity index (χ0) is 20.8. The van der Waals surface area contributed by atoms with E-state index >= 15 is 0 Å². The van der Waals surface area contributed by atoms with Crippen LogP contribution in [0.25, 0.3) is 11.1 Å². The molecule has 0 aliphatic heterocycles. The highest BCUT2D eigenvalue weighted by Crippen LogP contribution is 2.34. The summed E-state index contributed by atoms with van der Waals surface area (Å²) in [7, 11) is 0. The number of carbonyl (C=O) groups excluding carboxylic acids is 1. The summed E-state index contributed by atoms with van der Waals surface area (Å²) in [4.78, 5) is 17.1. The molecule has 6 heteroatoms. The van der Waals surface area contributed by atoms with Gasteiger partial charge in [-0.2, -0.15) is 5.10 Å². The summed E-state index contributed by atoms with van der Waals surface area (Å²) >= 11 is 0. The number of hydrogen-bond donors (Lipinski definition) is 2. The van der Waals surface area contributed by atoms with Crippen molar-refractivity contribution in [1.29, 1.82) is 0 Å². The van der Waals surface area contributed by atoms with E-state index in [4.69, 9.17) is 4.84 Å². The standard InChI is InChI=1S/C23H26FN3O2/c1-4-7-22(28)29-27-23(17-13-25-26-14-17)16-10-11-18(15(2)3)20(12-16)19-8-5-6-9-21(19)24/h5-6,8-15,23,27H,4,7H2,1-3H3,(H,25,26). The molecule has 1 heterocycles. The van der Waals surface area contributed by atoms with Crippen LogP contribution in [0, 0.1) is 5.82 Å². The van der Waals surface area contributed by atoms with Gasteiger partial charge in [0, 0.05) is 23.7 Å². The van der Waals surface area contributed by atoms with E-state index < -0.39 is 6.04 Å². The van der Waals surface area contributed by atoms with E-state index in [1.54, 1.807) is 24.5 Å². The molecule has 1 atom stereocenters. The lowest BCUT2D eigenvalue weighted by Crippen LogP contribution is -2.26. The van der Waals surface area contributed by atoms with Crippen molar-refractivity contribution in [3.05, 3.63) is 77.4 Å². The van der Waals surface area contributed by atoms with Gasteiger partial charge in [-0.1, -0.05) is 51.1 Å². The minimum atomic E-state index is -0.429. The molecule has 1 unspecified atom stereocenters. The Hall–Kier alpha value is -2.99. The Bertz CT molecular complexity index is 955. The number of aromatic amines is 1. The van der Waals surface area contributed by atoms with Crippen molar-refractivity contribution in [2.45, 2.75) is 45.6 Å². The van der Waals surface area contributed by atoms with Gasteiger partial charge in [0.15, 0.2) is 0 Å². The number of nitrogens with zero attached hydrogens (tertiary/aromatic N) is 1. The van der Waals surface area contributed by atoms with Gasteiger partial charge in [-0.05, 0) is 41.2 Å². The highest BCUT2D eigenvalue weighted by Gasteiger charge is 2.20. The molecule has 29 heavy (non-hydrogen) atoms. The Kier molecular flexibility index (Phi) is 6.77. The number of nitrogens with one attached hydrogen (secondary N) is 2. The van der Waals surface area contributed by atoms with Crippen LogP contribution in [0.1, 0.15) is 62.3 Å². The Morgan fingerprint density at radius 3 is 2.62 bits per heavy atom. The van der Waals surface area contributed by atoms with Crippen LogP contribution in [0.5, 0.6) is 0 Å². The maximum atomic E-state index is 14.6. The summed E-state index contributed by atoms with van der Waals surface area (Å²) in [6.45, 7) is 6.08. The van der Waals surface area contributed by atoms with Crippen molar-refractivity contribution in [1.82, 2.24) is 15.7 Å². The van der Waals surface area contributed by atoms with Gasteiger partial charge in [-0.3, -0.25) is 9.89 Å². The van der Waals surface area contributed by atoms with E-state index in [0.717, 1.165) is 22.3 Å². The molecule has 5 nitrogen and oxygen atoms in total. The zero-order valence-electron chi connectivity index (χ0n) is 16.9. The fourth-order valence-electron chi connectivity index (χ4n) is 3.30. The lowest BCUT2D eigenvalue weighted by atomic mass is 9.88. The van der Waals surface area contributed by atoms with Crippen molar-refractivity contribution in [2.75, 3.05) is 0 Å². The Balaban J connectivity index is 2.03. The van der Waals surface area contributed by atoms with Crippen molar-refractivity contribution in [3.63, 3.8) is 0 Å². The number of halogens is 1. The van der Waals surface area contributed by atoms with Gasteiger partial charge in [0.25, 0.3) is 0 Å². The second-order valence-electron chi connectivity index (χ2n) is 7.29. The number of benzene rings is 2. The van der Waals surface area contributed by atoms with Crippen LogP contribution in [0.3, 0.4) is 0 Å². The van der Waals surface area contributed by atoms with Gasteiger partial charge in [-0.15, -0.1) is 5.48 Å². The largest absolute Gasteiger partial charge is 0.370 e. The SMILES string of the molecule is CCCC(=O)ONC(c1cn[nH]c1)c1ccc(C(C)C)c(-c2ccccc2F)c1. The fourth-order valence-corrected chi connectivity index (χ4v) is 3.30. The summed E-state index contributed by atoms with van der Waals surface area (Å²) in [6, 6.07) is 12.2. The molecule has 0 aliphatic rings. The fraction of sp³-hybridized carbons (Fsp3) is 0.304. The summed E-state index contributed by atoms with van der Waals surface area (Å²) in [5, 5.41) is 6.79. The molecule has 0 spiro atoms. The van der Waals surface area contributed by atoms with Gasteiger partial charge in [0.05, 0.1) is 12.2 Å². The van der Waals surface area contributed by atoms with Crippen LogP contribution in [0.4, 0.5) is 4.39 Å². The molecule has 0 amide bonds. The van der Waals surface area contributed by atoms with Gasteiger partial charge < -0.3 is 4.84 Å². The van der Waals surface area contributed by atoms with Gasteiger partial charge in [0.2, 0.25) is 0 Å². The Morgan fingerprint density at radius 2 is 1.97 bits per heavy atom. The third-order valence-corrected chi connectivity index (χ3v) is 4.79. The second kappa shape index (κ2) is 9.47. The number of H-pyrrole nitrogens is 1. The molecule has 2 N–H and O–H groups in total. The second-order valence-corrected chi connectivity index (χ2v) is 7.29. The van der Waals surface area contributed by atoms with Crippen molar-refractivity contribution < 1.29 is 14.0 Å². The summed E-state index contributed by atoms with van der Waals surface area (Å²) in [5.41, 5.74) is 6.94. The average molecular weight is 395 g/mol. The number of rotatable bonds is 8. The maximum absolute atomic E-state index is 14.6. The molecular weight excluding hydrogens is 369 g/mol. The Morgan fingerprint density at radius 1 is 1.17 bits per heavy atom. The lowest BCUT2D eigenvalue weighted by molar-refractivity contribution is -0.152. The average Bonchev–Trinajstić information content (AvgIpc) is 3.23. The first kappa shape index (κ1) is 20.7. The van der Waals surface area contributed by atoms with E-state index in [2.05, 4.69) is 29.5 Å². The van der Waals surface area contributed by atoms with Gasteiger partial charge in [0.1, 0.15) is 5.82 Å². The van der Waals surface area contributed by atoms with Crippen LogP contribution in [0.15, 0.2) is 54.9 Å². The quantitative estimate of drug-likeness (QED) is 0.510. The molecule has 0 aliphatic carbocycles. The molecule has 1 aromatic heterocycles. The van der Waals surface area contributed by atoms with E-state index in [1.807, 2.05) is 31.2 Å². The maximum Gasteiger partial charge on any atom is 0.324 e. The van der Waals surface area contributed by atoms with Crippen molar-refractivity contribution in [2.24, 2.45) is 0 Å². The molecule has 0 saturated heterocycles. The smallest absolute Gasteiger partial charge is 0.324 e. The van der Waals surface area contributed by atoms with Crippen LogP contribution in [-0.4, -0.2) is 16.2 Å². The first-order valence-corrected chi connectivity index (χ1v) is 9.83. The molecular formula is C23H26FN3O2. The molecule has 152 valence electrons. The first-order valence-electron chi connectivity index (χ1n) is 9.83. The predicted molar refractivity (Wildman–Crippen MR) is 110 cm³/mol. The van der Waals surface area contributed by atoms with Crippen molar-refractivity contribution >= 4 is 5.97 Å². The highest BCUT2D eigenvalue weighted by molar-refractivity contribution is 5.70. The Labute approximate surface area is 170 Å². The van der Waals surface area contributed by atoms with Crippen LogP contribution in [-0.2, 0) is 9.63 Å². The molecule has 0 fully saturated rings. The third-order valence-electron chi connectivity index (χ3n) is 4.79. The van der Waals surface area contributed by atoms with E-state index in [1.165, 1.54) is 6.07 Å². The molecule has 3 rings (SSSR count). The topological polar surface area (TPSA) is 67.0 Å². The normalized spacial score (nSPS) is 12.2. The minimum Gasteiger partial charge on any atom is -0.370 e. The third kappa shape index (κ3) is 4.90. The summed E-state index contributed by atoms with van der Waals surface area (Å²) in [5.74, 6) is -0.371. The van der Waals surface area contributed by atoms with E-state index in [0.29, 0.717) is 18.4 Å². The number of hydroxylamine groups is 1. The first-order chi connectivity index (χ1) is 14.0. The zero-order valence-corrected chi connectivity index (χ0v) is 16.9. The molecule has 2 aromatic carbocycles. The highest BCUT2D eigenvalue weighted by atomic mass is 19.1. The van der Waals surface area contributed by atoms with Gasteiger partial charge in [-0.25, -0.2) is 4.39 Å². The van der Waals surface area contributed by atoms with E-state index in [-0.39, 0.29) is 17.7 Å². The molecule has 0 bridgehead atoms. The summed E-state index contributed by atoms with van der Waals surface area (Å²) in [6.07, 6.45) is 4.45. The monoisotopic (exact) mass is 395 g/mol. The molecule has 3 aromatic rings. The van der Waals surface area contributed by atoms with Crippen LogP contribution >= 0.6 is 0 Å². The number of aromatic nitrogens is 2. The van der Waals surface area contributed by atoms with Crippen molar-refractivity contribution in [3.8, 4) is 11.1 Å². The molecule has 0 radical (unpaired) electrons. The molecule has 0 saturated carbocycles. The minimum absolute atomic E-state index is 0.223. The van der Waals surface area contributed by atoms with Crippen LogP contribution < -0.4 is 5.48 Å². The van der Waals surface area contributed by atoms with Crippen LogP contribution in [0.2, 0.25) is 0 Å². The predicted octanol–water partition coefficient (Wildman–Crippen LogP) is 5.28. The van der Waals surface area contributed by atoms with E-state index in [9.17, 15) is 9.18 Å². The number of carbonyl (C=O) groups is 1. The number of hydrogen-bond acceptors (Lipinski definition) is 4. The van der Waals surface area contributed by atoms with Gasteiger partial charge >= 0.3 is 5.97 Å². The summed E-state index contributed by atoms with van der Waals surface area (Å²) < 4.78 is 14.6. The lowest BCUT2D eigenvalue weighted by Gasteiger charge is -2.21.